The Labute approximate surface area is 175 Å². The molecule has 1 aliphatic rings. The Kier molecular flexibility index (Phi) is 4.89. The fourth-order valence-corrected chi connectivity index (χ4v) is 3.90. The van der Waals surface area contributed by atoms with Crippen LogP contribution in [0.3, 0.4) is 0 Å². The lowest BCUT2D eigenvalue weighted by molar-refractivity contribution is 0.373. The zero-order valence-corrected chi connectivity index (χ0v) is 16.8. The van der Waals surface area contributed by atoms with Crippen LogP contribution in [0.1, 0.15) is 24.8 Å². The average Bonchev–Trinajstić information content (AvgIpc) is 3.29. The molecule has 2 heterocycles. The summed E-state index contributed by atoms with van der Waals surface area (Å²) in [5.41, 5.74) is 6.28. The molecule has 1 atom stereocenters. The van der Waals surface area contributed by atoms with Crippen LogP contribution in [0, 0.1) is 0 Å². The Bertz CT molecular complexity index is 1180. The van der Waals surface area contributed by atoms with Crippen molar-refractivity contribution in [3.63, 3.8) is 0 Å². The molecule has 30 heavy (non-hydrogen) atoms. The normalized spacial score (nSPS) is 15.4. The first-order chi connectivity index (χ1) is 14.8. The average molecular weight is 394 g/mol. The van der Waals surface area contributed by atoms with E-state index in [0.717, 1.165) is 46.2 Å². The highest BCUT2D eigenvalue weighted by Gasteiger charge is 2.19. The zero-order chi connectivity index (χ0) is 20.3. The van der Waals surface area contributed by atoms with Gasteiger partial charge in [-0.15, -0.1) is 0 Å². The van der Waals surface area contributed by atoms with E-state index in [-0.39, 0.29) is 0 Å². The van der Waals surface area contributed by atoms with Crippen LogP contribution in [0.15, 0.2) is 94.7 Å². The maximum Gasteiger partial charge on any atom is 0.182 e. The lowest BCUT2D eigenvalue weighted by Crippen LogP contribution is -2.17. The van der Waals surface area contributed by atoms with Crippen molar-refractivity contribution in [3.05, 3.63) is 90.8 Å². The number of oxazole rings is 1. The maximum atomic E-state index is 6.02. The fraction of sp³-hybridized carbons (Fsp3) is 0.154. The number of fused-ring (bicyclic) bond motifs is 1. The molecule has 0 bridgehead atoms. The smallest absolute Gasteiger partial charge is 0.182 e. The van der Waals surface area contributed by atoms with Gasteiger partial charge in [0.2, 0.25) is 0 Å². The standard InChI is InChI=1S/C26H22N2O2/c1-18-15-21(28-24-10-6-5-9-23(18)24)16-29-22-13-11-19(12-14-22)25-26(30-17-27-25)20-7-3-2-4-8-20/h2-14,17-18H,15-16H2,1H3/t18-/m1/s1. The minimum absolute atomic E-state index is 0.461. The summed E-state index contributed by atoms with van der Waals surface area (Å²) in [6.07, 6.45) is 2.41. The monoisotopic (exact) mass is 394 g/mol. The highest BCUT2D eigenvalue weighted by Crippen LogP contribution is 2.34. The number of aromatic nitrogens is 1. The molecular weight excluding hydrogens is 372 g/mol. The van der Waals surface area contributed by atoms with Gasteiger partial charge >= 0.3 is 0 Å². The number of hydrogen-bond donors (Lipinski definition) is 0. The van der Waals surface area contributed by atoms with Crippen LogP contribution < -0.4 is 4.74 Å². The molecule has 1 aromatic heterocycles. The molecule has 4 nitrogen and oxygen atoms in total. The van der Waals surface area contributed by atoms with Gasteiger partial charge in [-0.3, -0.25) is 4.99 Å². The third-order valence-corrected chi connectivity index (χ3v) is 5.42. The summed E-state index contributed by atoms with van der Waals surface area (Å²) in [6.45, 7) is 2.74. The largest absolute Gasteiger partial charge is 0.488 e. The zero-order valence-electron chi connectivity index (χ0n) is 16.8. The molecule has 4 aromatic rings. The van der Waals surface area contributed by atoms with Crippen molar-refractivity contribution >= 4 is 11.4 Å². The van der Waals surface area contributed by atoms with Gasteiger partial charge in [0.15, 0.2) is 12.2 Å². The van der Waals surface area contributed by atoms with Gasteiger partial charge in [-0.2, -0.15) is 0 Å². The van der Waals surface area contributed by atoms with E-state index in [9.17, 15) is 0 Å². The second-order valence-corrected chi connectivity index (χ2v) is 7.55. The van der Waals surface area contributed by atoms with Crippen LogP contribution >= 0.6 is 0 Å². The number of benzene rings is 3. The first kappa shape index (κ1) is 18.4. The van der Waals surface area contributed by atoms with E-state index in [0.29, 0.717) is 12.5 Å². The van der Waals surface area contributed by atoms with Gasteiger partial charge in [0.1, 0.15) is 18.1 Å². The predicted octanol–water partition coefficient (Wildman–Crippen LogP) is 6.67. The van der Waals surface area contributed by atoms with Crippen molar-refractivity contribution < 1.29 is 9.15 Å². The van der Waals surface area contributed by atoms with Crippen LogP contribution in [0.5, 0.6) is 5.75 Å². The Morgan fingerprint density at radius 3 is 2.50 bits per heavy atom. The van der Waals surface area contributed by atoms with Crippen LogP contribution in [0.25, 0.3) is 22.6 Å². The van der Waals surface area contributed by atoms with E-state index in [4.69, 9.17) is 14.1 Å². The van der Waals surface area contributed by atoms with Gasteiger partial charge in [0.25, 0.3) is 0 Å². The topological polar surface area (TPSA) is 47.6 Å². The number of aliphatic imine (C=N–C) groups is 1. The highest BCUT2D eigenvalue weighted by atomic mass is 16.5. The van der Waals surface area contributed by atoms with E-state index in [2.05, 4.69) is 30.1 Å². The Morgan fingerprint density at radius 2 is 1.67 bits per heavy atom. The fourth-order valence-electron chi connectivity index (χ4n) is 3.90. The number of ether oxygens (including phenoxy) is 1. The van der Waals surface area contributed by atoms with Crippen molar-refractivity contribution in [1.29, 1.82) is 0 Å². The van der Waals surface area contributed by atoms with E-state index in [1.54, 1.807) is 0 Å². The second-order valence-electron chi connectivity index (χ2n) is 7.55. The molecule has 3 aromatic carbocycles. The first-order valence-corrected chi connectivity index (χ1v) is 10.2. The summed E-state index contributed by atoms with van der Waals surface area (Å²) in [5.74, 6) is 2.05. The number of para-hydroxylation sites is 1. The summed E-state index contributed by atoms with van der Waals surface area (Å²) in [5, 5.41) is 0. The summed E-state index contributed by atoms with van der Waals surface area (Å²) in [4.78, 5) is 9.20. The number of rotatable bonds is 5. The Morgan fingerprint density at radius 1 is 0.900 bits per heavy atom. The van der Waals surface area contributed by atoms with Crippen LogP contribution in [0.4, 0.5) is 5.69 Å². The van der Waals surface area contributed by atoms with E-state index < -0.39 is 0 Å². The minimum Gasteiger partial charge on any atom is -0.488 e. The van der Waals surface area contributed by atoms with Gasteiger partial charge in [-0.1, -0.05) is 55.5 Å². The van der Waals surface area contributed by atoms with Gasteiger partial charge in [0.05, 0.1) is 11.4 Å². The van der Waals surface area contributed by atoms with Crippen molar-refractivity contribution in [3.8, 4) is 28.3 Å². The molecule has 0 N–H and O–H groups in total. The van der Waals surface area contributed by atoms with Crippen molar-refractivity contribution in [2.45, 2.75) is 19.3 Å². The molecule has 0 aliphatic carbocycles. The minimum atomic E-state index is 0.461. The molecular formula is C26H22N2O2. The number of hydrogen-bond acceptors (Lipinski definition) is 4. The molecule has 1 aliphatic heterocycles. The van der Waals surface area contributed by atoms with Crippen molar-refractivity contribution in [2.75, 3.05) is 6.61 Å². The number of nitrogens with zero attached hydrogens (tertiary/aromatic N) is 2. The maximum absolute atomic E-state index is 6.02. The molecule has 4 heteroatoms. The molecule has 0 spiro atoms. The van der Waals surface area contributed by atoms with Crippen molar-refractivity contribution in [1.82, 2.24) is 4.98 Å². The molecule has 0 radical (unpaired) electrons. The SMILES string of the molecule is C[C@@H]1CC(COc2ccc(-c3ncoc3-c3ccccc3)cc2)=Nc2ccccc21. The first-order valence-electron chi connectivity index (χ1n) is 10.2. The quantitative estimate of drug-likeness (QED) is 0.380. The predicted molar refractivity (Wildman–Crippen MR) is 119 cm³/mol. The Hall–Kier alpha value is -3.66. The molecule has 0 saturated heterocycles. The molecule has 0 unspecified atom stereocenters. The summed E-state index contributed by atoms with van der Waals surface area (Å²) in [7, 11) is 0. The van der Waals surface area contributed by atoms with E-state index in [1.807, 2.05) is 60.7 Å². The van der Waals surface area contributed by atoms with Crippen molar-refractivity contribution in [2.24, 2.45) is 4.99 Å². The lowest BCUT2D eigenvalue weighted by Gasteiger charge is -2.21. The molecule has 148 valence electrons. The summed E-state index contributed by atoms with van der Waals surface area (Å²) in [6, 6.07) is 26.3. The van der Waals surface area contributed by atoms with Gasteiger partial charge in [-0.05, 0) is 48.2 Å². The second kappa shape index (κ2) is 7.99. The van der Waals surface area contributed by atoms with Crippen LogP contribution in [-0.4, -0.2) is 17.3 Å². The van der Waals surface area contributed by atoms with E-state index >= 15 is 0 Å². The highest BCUT2D eigenvalue weighted by molar-refractivity contribution is 5.91. The molecule has 0 fully saturated rings. The summed E-state index contributed by atoms with van der Waals surface area (Å²) >= 11 is 0. The third kappa shape index (κ3) is 3.64. The van der Waals surface area contributed by atoms with Gasteiger partial charge < -0.3 is 9.15 Å². The molecule has 5 rings (SSSR count). The third-order valence-electron chi connectivity index (χ3n) is 5.42. The van der Waals surface area contributed by atoms with Gasteiger partial charge in [-0.25, -0.2) is 4.98 Å². The Balaban J connectivity index is 1.31. The van der Waals surface area contributed by atoms with Gasteiger partial charge in [0, 0.05) is 11.1 Å². The summed E-state index contributed by atoms with van der Waals surface area (Å²) < 4.78 is 11.7. The molecule has 0 amide bonds. The van der Waals surface area contributed by atoms with E-state index in [1.165, 1.54) is 12.0 Å². The molecule has 0 saturated carbocycles. The van der Waals surface area contributed by atoms with Crippen LogP contribution in [0.2, 0.25) is 0 Å². The van der Waals surface area contributed by atoms with Crippen LogP contribution in [-0.2, 0) is 0 Å². The lowest BCUT2D eigenvalue weighted by atomic mass is 9.91.